The summed E-state index contributed by atoms with van der Waals surface area (Å²) in [6.45, 7) is 7.57. The lowest BCUT2D eigenvalue weighted by molar-refractivity contribution is 0.0972. The fourth-order valence-corrected chi connectivity index (χ4v) is 2.26. The number of aliphatic imine (C=N–C) groups is 1. The Bertz CT molecular complexity index is 503. The van der Waals surface area contributed by atoms with Crippen molar-refractivity contribution >= 4 is 35.8 Å². The monoisotopic (exact) mass is 450 g/mol. The van der Waals surface area contributed by atoms with Crippen LogP contribution in [0.15, 0.2) is 21.5 Å². The second-order valence-corrected chi connectivity index (χ2v) is 5.72. The Balaban J connectivity index is 0.00000529. The number of nitrogens with one attached hydrogen (secondary N) is 2. The van der Waals surface area contributed by atoms with Crippen LogP contribution in [-0.2, 0) is 6.54 Å². The number of hydrogen-bond acceptors (Lipinski definition) is 3. The maximum absolute atomic E-state index is 11.0. The van der Waals surface area contributed by atoms with E-state index in [1.807, 2.05) is 6.92 Å². The number of halogens is 1. The zero-order valence-corrected chi connectivity index (χ0v) is 17.3. The molecule has 0 saturated carbocycles. The van der Waals surface area contributed by atoms with Crippen LogP contribution in [0.5, 0.6) is 0 Å². The third-order valence-corrected chi connectivity index (χ3v) is 3.52. The molecule has 1 amide bonds. The summed E-state index contributed by atoms with van der Waals surface area (Å²) < 4.78 is 5.33. The van der Waals surface area contributed by atoms with Crippen molar-refractivity contribution in [1.29, 1.82) is 0 Å². The molecule has 1 atom stereocenters. The van der Waals surface area contributed by atoms with Gasteiger partial charge in [0, 0.05) is 12.6 Å². The van der Waals surface area contributed by atoms with Gasteiger partial charge in [-0.15, -0.1) is 24.0 Å². The molecular formula is C17H31IN4O2. The Labute approximate surface area is 162 Å². The van der Waals surface area contributed by atoms with E-state index in [2.05, 4.69) is 29.5 Å². The van der Waals surface area contributed by atoms with Crippen molar-refractivity contribution in [2.24, 2.45) is 10.7 Å². The van der Waals surface area contributed by atoms with Gasteiger partial charge in [0.1, 0.15) is 12.3 Å². The van der Waals surface area contributed by atoms with Crippen LogP contribution in [0.3, 0.4) is 0 Å². The summed E-state index contributed by atoms with van der Waals surface area (Å²) in [6.07, 6.45) is 6.17. The van der Waals surface area contributed by atoms with Crippen LogP contribution < -0.4 is 16.4 Å². The van der Waals surface area contributed by atoms with Gasteiger partial charge in [0.2, 0.25) is 0 Å². The molecule has 1 aromatic heterocycles. The molecule has 0 saturated heterocycles. The lowest BCUT2D eigenvalue weighted by atomic mass is 10.1. The van der Waals surface area contributed by atoms with Gasteiger partial charge in [-0.3, -0.25) is 4.79 Å². The quantitative estimate of drug-likeness (QED) is 0.221. The summed E-state index contributed by atoms with van der Waals surface area (Å²) in [5.74, 6) is 0.975. The number of guanidine groups is 1. The third kappa shape index (κ3) is 9.14. The smallest absolute Gasteiger partial charge is 0.284 e. The number of hydrogen-bond donors (Lipinski definition) is 3. The van der Waals surface area contributed by atoms with E-state index < -0.39 is 5.91 Å². The van der Waals surface area contributed by atoms with Gasteiger partial charge in [0.25, 0.3) is 5.91 Å². The van der Waals surface area contributed by atoms with E-state index in [-0.39, 0.29) is 29.7 Å². The van der Waals surface area contributed by atoms with Crippen molar-refractivity contribution in [1.82, 2.24) is 10.6 Å². The topological polar surface area (TPSA) is 92.6 Å². The van der Waals surface area contributed by atoms with Crippen LogP contribution in [0.1, 0.15) is 69.2 Å². The Morgan fingerprint density at radius 1 is 1.29 bits per heavy atom. The van der Waals surface area contributed by atoms with Crippen molar-refractivity contribution in [3.8, 4) is 0 Å². The molecule has 138 valence electrons. The van der Waals surface area contributed by atoms with Gasteiger partial charge in [-0.25, -0.2) is 4.99 Å². The minimum absolute atomic E-state index is 0. The summed E-state index contributed by atoms with van der Waals surface area (Å²) in [6, 6.07) is 3.66. The maximum atomic E-state index is 11.0. The van der Waals surface area contributed by atoms with E-state index in [0.717, 1.165) is 18.9 Å². The fourth-order valence-electron chi connectivity index (χ4n) is 2.26. The predicted octanol–water partition coefficient (Wildman–Crippen LogP) is 3.41. The largest absolute Gasteiger partial charge is 0.454 e. The Kier molecular flexibility index (Phi) is 12.4. The number of carbonyl (C=O) groups excluding carboxylic acids is 1. The van der Waals surface area contributed by atoms with E-state index >= 15 is 0 Å². The molecule has 1 unspecified atom stereocenters. The second kappa shape index (κ2) is 13.1. The van der Waals surface area contributed by atoms with Crippen LogP contribution in [0.4, 0.5) is 0 Å². The van der Waals surface area contributed by atoms with Crippen molar-refractivity contribution in [2.75, 3.05) is 6.54 Å². The van der Waals surface area contributed by atoms with E-state index in [1.165, 1.54) is 25.7 Å². The van der Waals surface area contributed by atoms with Crippen molar-refractivity contribution in [3.05, 3.63) is 23.7 Å². The molecule has 0 radical (unpaired) electrons. The molecule has 0 aliphatic carbocycles. The van der Waals surface area contributed by atoms with Crippen LogP contribution in [0.2, 0.25) is 0 Å². The molecule has 1 heterocycles. The SMILES string of the molecule is CCCCCCC(C)NC(=NCc1ccc(C(N)=O)o1)NCC.I. The van der Waals surface area contributed by atoms with Gasteiger partial charge in [0.05, 0.1) is 0 Å². The lowest BCUT2D eigenvalue weighted by Crippen LogP contribution is -2.42. The van der Waals surface area contributed by atoms with Gasteiger partial charge in [-0.05, 0) is 32.4 Å². The Hall–Kier alpha value is -1.25. The fraction of sp³-hybridized carbons (Fsp3) is 0.647. The average Bonchev–Trinajstić information content (AvgIpc) is 2.99. The minimum atomic E-state index is -0.564. The van der Waals surface area contributed by atoms with E-state index in [0.29, 0.717) is 18.3 Å². The van der Waals surface area contributed by atoms with E-state index in [1.54, 1.807) is 12.1 Å². The van der Waals surface area contributed by atoms with Crippen LogP contribution in [0.25, 0.3) is 0 Å². The van der Waals surface area contributed by atoms with E-state index in [4.69, 9.17) is 10.2 Å². The molecule has 6 nitrogen and oxygen atoms in total. The highest BCUT2D eigenvalue weighted by Crippen LogP contribution is 2.08. The highest BCUT2D eigenvalue weighted by atomic mass is 127. The van der Waals surface area contributed by atoms with Gasteiger partial charge < -0.3 is 20.8 Å². The number of nitrogens with two attached hydrogens (primary N) is 1. The number of nitrogens with zero attached hydrogens (tertiary/aromatic N) is 1. The highest BCUT2D eigenvalue weighted by molar-refractivity contribution is 14.0. The molecule has 0 bridgehead atoms. The number of carbonyl (C=O) groups is 1. The molecule has 7 heteroatoms. The summed E-state index contributed by atoms with van der Waals surface area (Å²) >= 11 is 0. The first-order valence-electron chi connectivity index (χ1n) is 8.50. The van der Waals surface area contributed by atoms with Gasteiger partial charge in [-0.1, -0.05) is 32.6 Å². The number of amides is 1. The summed E-state index contributed by atoms with van der Waals surface area (Å²) in [5.41, 5.74) is 5.17. The lowest BCUT2D eigenvalue weighted by Gasteiger charge is -2.17. The van der Waals surface area contributed by atoms with Crippen molar-refractivity contribution < 1.29 is 9.21 Å². The van der Waals surface area contributed by atoms with Gasteiger partial charge in [-0.2, -0.15) is 0 Å². The van der Waals surface area contributed by atoms with E-state index in [9.17, 15) is 4.79 Å². The molecule has 24 heavy (non-hydrogen) atoms. The van der Waals surface area contributed by atoms with Crippen molar-refractivity contribution in [2.45, 2.75) is 65.5 Å². The number of rotatable bonds is 10. The first kappa shape index (κ1) is 22.8. The third-order valence-electron chi connectivity index (χ3n) is 3.52. The zero-order chi connectivity index (χ0) is 17.1. The van der Waals surface area contributed by atoms with Crippen molar-refractivity contribution in [3.63, 3.8) is 0 Å². The summed E-state index contributed by atoms with van der Waals surface area (Å²) in [7, 11) is 0. The number of primary amides is 1. The zero-order valence-electron chi connectivity index (χ0n) is 14.9. The average molecular weight is 450 g/mol. The molecule has 1 rings (SSSR count). The summed E-state index contributed by atoms with van der Waals surface area (Å²) in [5, 5.41) is 6.62. The minimum Gasteiger partial charge on any atom is -0.454 e. The van der Waals surface area contributed by atoms with Gasteiger partial charge >= 0.3 is 0 Å². The standard InChI is InChI=1S/C17H30N4O2.HI/c1-4-6-7-8-9-13(3)21-17(19-5-2)20-12-14-10-11-15(23-14)16(18)22;/h10-11,13H,4-9,12H2,1-3H3,(H2,18,22)(H2,19,20,21);1H. The first-order chi connectivity index (χ1) is 11.1. The normalized spacial score (nSPS) is 12.4. The van der Waals surface area contributed by atoms with Gasteiger partial charge in [0.15, 0.2) is 11.7 Å². The van der Waals surface area contributed by atoms with Crippen LogP contribution >= 0.6 is 24.0 Å². The maximum Gasteiger partial charge on any atom is 0.284 e. The Morgan fingerprint density at radius 2 is 2.04 bits per heavy atom. The van der Waals surface area contributed by atoms with Crippen LogP contribution in [0, 0.1) is 0 Å². The Morgan fingerprint density at radius 3 is 2.62 bits per heavy atom. The van der Waals surface area contributed by atoms with Crippen LogP contribution in [-0.4, -0.2) is 24.5 Å². The second-order valence-electron chi connectivity index (χ2n) is 5.72. The number of unbranched alkanes of at least 4 members (excludes halogenated alkanes) is 3. The molecular weight excluding hydrogens is 419 g/mol. The summed E-state index contributed by atoms with van der Waals surface area (Å²) in [4.78, 5) is 15.5. The molecule has 0 aromatic carbocycles. The molecule has 1 aromatic rings. The molecule has 0 fully saturated rings. The predicted molar refractivity (Wildman–Crippen MR) is 109 cm³/mol. The highest BCUT2D eigenvalue weighted by Gasteiger charge is 2.08. The molecule has 0 aliphatic heterocycles. The first-order valence-corrected chi connectivity index (χ1v) is 8.50. The molecule has 0 spiro atoms. The molecule has 0 aliphatic rings. The molecule has 4 N–H and O–H groups in total. The number of furan rings is 1.